The molecule has 0 spiro atoms. The fourth-order valence-electron chi connectivity index (χ4n) is 5.01. The number of ether oxygens (including phenoxy) is 2. The van der Waals surface area contributed by atoms with Crippen LogP contribution in [0.15, 0.2) is 12.2 Å². The van der Waals surface area contributed by atoms with Crippen LogP contribution in [0.2, 0.25) is 16.6 Å². The summed E-state index contributed by atoms with van der Waals surface area (Å²) in [7, 11) is -2.25. The number of hydrogen-bond acceptors (Lipinski definition) is 6. The Morgan fingerprint density at radius 1 is 1.09 bits per heavy atom. The molecule has 0 aromatic heterocycles. The molecule has 0 bridgehead atoms. The molecule has 8 heteroatoms. The second-order valence-corrected chi connectivity index (χ2v) is 15.9. The monoisotopic (exact) mass is 471 g/mol. The Labute approximate surface area is 195 Å². The van der Waals surface area contributed by atoms with Crippen LogP contribution in [-0.2, 0) is 18.7 Å². The Kier molecular flexibility index (Phi) is 10.4. The Bertz CT molecular complexity index is 634. The Morgan fingerprint density at radius 3 is 2.06 bits per heavy atom. The first-order chi connectivity index (χ1) is 14.7. The lowest BCUT2D eigenvalue weighted by molar-refractivity contribution is -0.137. The Hall–Kier alpha value is -1.38. The number of esters is 1. The first-order valence-electron chi connectivity index (χ1n) is 11.9. The van der Waals surface area contributed by atoms with Gasteiger partial charge < -0.3 is 19.0 Å². The van der Waals surface area contributed by atoms with E-state index in [0.29, 0.717) is 29.6 Å². The SMILES string of the molecule is CCOC(=O)/C=C/[C@H](O)[C@H]1[C@@H](O[Si](C(C)C)(C(C)C)C(C)C)CCN1C(=O)OC(C)(C)C. The largest absolute Gasteiger partial charge is 0.463 e. The molecule has 0 aromatic rings. The highest BCUT2D eigenvalue weighted by Gasteiger charge is 2.51. The zero-order chi connectivity index (χ0) is 24.9. The molecule has 1 aliphatic heterocycles. The number of carbonyl (C=O) groups excluding carboxylic acids is 2. The number of likely N-dealkylation sites (tertiary alicyclic amines) is 1. The summed E-state index contributed by atoms with van der Waals surface area (Å²) in [5.41, 5.74) is 0.446. The molecule has 1 heterocycles. The maximum atomic E-state index is 13.0. The van der Waals surface area contributed by atoms with E-state index in [1.807, 2.05) is 20.8 Å². The third kappa shape index (κ3) is 7.06. The third-order valence-corrected chi connectivity index (χ3v) is 12.3. The molecule has 0 radical (unpaired) electrons. The molecule has 0 aliphatic carbocycles. The highest BCUT2D eigenvalue weighted by molar-refractivity contribution is 6.77. The van der Waals surface area contributed by atoms with Gasteiger partial charge in [0.1, 0.15) is 5.60 Å². The molecule has 1 fully saturated rings. The van der Waals surface area contributed by atoms with Gasteiger partial charge in [-0.1, -0.05) is 41.5 Å². The van der Waals surface area contributed by atoms with Crippen LogP contribution in [0.25, 0.3) is 0 Å². The van der Waals surface area contributed by atoms with Crippen LogP contribution in [0.1, 0.15) is 75.7 Å². The van der Waals surface area contributed by atoms with Crippen LogP contribution in [-0.4, -0.2) is 67.4 Å². The van der Waals surface area contributed by atoms with E-state index in [9.17, 15) is 14.7 Å². The normalized spacial score (nSPS) is 21.1. The van der Waals surface area contributed by atoms with Gasteiger partial charge >= 0.3 is 12.1 Å². The minimum atomic E-state index is -2.25. The number of aliphatic hydroxyl groups excluding tert-OH is 1. The van der Waals surface area contributed by atoms with E-state index in [4.69, 9.17) is 13.9 Å². The lowest BCUT2D eigenvalue weighted by Crippen LogP contribution is -2.55. The van der Waals surface area contributed by atoms with Gasteiger partial charge in [-0.05, 0) is 56.8 Å². The van der Waals surface area contributed by atoms with Crippen molar-refractivity contribution in [3.8, 4) is 0 Å². The van der Waals surface area contributed by atoms with Gasteiger partial charge in [0.2, 0.25) is 8.32 Å². The van der Waals surface area contributed by atoms with Crippen molar-refractivity contribution in [2.24, 2.45) is 0 Å². The number of aliphatic hydroxyl groups is 1. The zero-order valence-electron chi connectivity index (χ0n) is 21.7. The van der Waals surface area contributed by atoms with Gasteiger partial charge in [0.15, 0.2) is 0 Å². The topological polar surface area (TPSA) is 85.3 Å². The van der Waals surface area contributed by atoms with Crippen molar-refractivity contribution in [3.63, 3.8) is 0 Å². The maximum Gasteiger partial charge on any atom is 0.410 e. The fraction of sp³-hybridized carbons (Fsp3) is 0.833. The fourth-order valence-corrected chi connectivity index (χ4v) is 10.6. The molecule has 1 rings (SSSR count). The van der Waals surface area contributed by atoms with E-state index >= 15 is 0 Å². The molecule has 1 saturated heterocycles. The number of rotatable bonds is 9. The Balaban J connectivity index is 3.30. The van der Waals surface area contributed by atoms with E-state index in [2.05, 4.69) is 41.5 Å². The molecule has 0 saturated carbocycles. The van der Waals surface area contributed by atoms with E-state index in [0.717, 1.165) is 0 Å². The van der Waals surface area contributed by atoms with E-state index < -0.39 is 38.1 Å². The van der Waals surface area contributed by atoms with Crippen molar-refractivity contribution >= 4 is 20.4 Å². The summed E-state index contributed by atoms with van der Waals surface area (Å²) in [6.07, 6.45) is 1.30. The van der Waals surface area contributed by atoms with Crippen LogP contribution < -0.4 is 0 Å². The van der Waals surface area contributed by atoms with Crippen LogP contribution in [0.4, 0.5) is 4.79 Å². The molecule has 0 unspecified atom stereocenters. The molecular weight excluding hydrogens is 426 g/mol. The summed E-state index contributed by atoms with van der Waals surface area (Å²) in [6, 6.07) is -0.640. The van der Waals surface area contributed by atoms with Crippen molar-refractivity contribution in [2.45, 2.75) is 116 Å². The van der Waals surface area contributed by atoms with Gasteiger partial charge in [-0.25, -0.2) is 9.59 Å². The van der Waals surface area contributed by atoms with Crippen molar-refractivity contribution in [1.29, 1.82) is 0 Å². The molecule has 32 heavy (non-hydrogen) atoms. The second kappa shape index (κ2) is 11.7. The standard InChI is InChI=1S/C24H45NO6Si/c1-11-29-21(27)13-12-19(26)22-20(14-15-25(22)23(28)30-24(8,9)10)31-32(16(2)3,17(4)5)18(6)7/h12-13,16-20,22,26H,11,14-15H2,1-10H3/b13-12+/t19-,20-,22-/m0/s1. The van der Waals surface area contributed by atoms with E-state index in [1.54, 1.807) is 11.8 Å². The van der Waals surface area contributed by atoms with Crippen molar-refractivity contribution in [3.05, 3.63) is 12.2 Å². The molecule has 1 N–H and O–H groups in total. The van der Waals surface area contributed by atoms with Gasteiger partial charge in [-0.3, -0.25) is 4.90 Å². The van der Waals surface area contributed by atoms with E-state index in [1.165, 1.54) is 12.2 Å². The minimum absolute atomic E-state index is 0.254. The Morgan fingerprint density at radius 2 is 1.62 bits per heavy atom. The van der Waals surface area contributed by atoms with E-state index in [-0.39, 0.29) is 12.7 Å². The van der Waals surface area contributed by atoms with Crippen LogP contribution in [0.3, 0.4) is 0 Å². The van der Waals surface area contributed by atoms with Crippen molar-refractivity contribution in [2.75, 3.05) is 13.2 Å². The summed E-state index contributed by atoms with van der Waals surface area (Å²) >= 11 is 0. The van der Waals surface area contributed by atoms with Gasteiger partial charge in [0.25, 0.3) is 0 Å². The summed E-state index contributed by atoms with van der Waals surface area (Å²) in [4.78, 5) is 26.3. The predicted octanol–water partition coefficient (Wildman–Crippen LogP) is 5.04. The average molecular weight is 472 g/mol. The molecular formula is C24H45NO6Si. The van der Waals surface area contributed by atoms with Gasteiger partial charge in [0, 0.05) is 12.6 Å². The lowest BCUT2D eigenvalue weighted by atomic mass is 10.1. The number of nitrogens with zero attached hydrogens (tertiary/aromatic N) is 1. The predicted molar refractivity (Wildman–Crippen MR) is 129 cm³/mol. The average Bonchev–Trinajstić information content (AvgIpc) is 3.05. The second-order valence-electron chi connectivity index (χ2n) is 10.5. The van der Waals surface area contributed by atoms with Crippen molar-refractivity contribution in [1.82, 2.24) is 4.90 Å². The van der Waals surface area contributed by atoms with Gasteiger partial charge in [-0.2, -0.15) is 0 Å². The highest BCUT2D eigenvalue weighted by atomic mass is 28.4. The van der Waals surface area contributed by atoms with Crippen molar-refractivity contribution < 1.29 is 28.6 Å². The first kappa shape index (κ1) is 28.6. The summed E-state index contributed by atoms with van der Waals surface area (Å²) < 4.78 is 17.5. The number of carbonyl (C=O) groups is 2. The number of amides is 1. The van der Waals surface area contributed by atoms with Gasteiger partial charge in [-0.15, -0.1) is 0 Å². The molecule has 0 aromatic carbocycles. The zero-order valence-corrected chi connectivity index (χ0v) is 22.7. The molecule has 1 aliphatic rings. The first-order valence-corrected chi connectivity index (χ1v) is 14.0. The minimum Gasteiger partial charge on any atom is -0.463 e. The molecule has 1 amide bonds. The summed E-state index contributed by atoms with van der Waals surface area (Å²) in [5.74, 6) is -0.527. The van der Waals surface area contributed by atoms with Crippen LogP contribution in [0, 0.1) is 0 Å². The lowest BCUT2D eigenvalue weighted by Gasteiger charge is -2.45. The van der Waals surface area contributed by atoms with Crippen LogP contribution in [0.5, 0.6) is 0 Å². The molecule has 186 valence electrons. The molecule has 3 atom stereocenters. The highest BCUT2D eigenvalue weighted by Crippen LogP contribution is 2.45. The summed E-state index contributed by atoms with van der Waals surface area (Å²) in [6.45, 7) is 21.1. The quantitative estimate of drug-likeness (QED) is 0.288. The number of hydrogen-bond donors (Lipinski definition) is 1. The smallest absolute Gasteiger partial charge is 0.410 e. The van der Waals surface area contributed by atoms with Gasteiger partial charge in [0.05, 0.1) is 24.9 Å². The third-order valence-electron chi connectivity index (χ3n) is 6.15. The maximum absolute atomic E-state index is 13.0. The molecule has 7 nitrogen and oxygen atoms in total. The summed E-state index contributed by atoms with van der Waals surface area (Å²) in [5, 5.41) is 11.1. The van der Waals surface area contributed by atoms with Crippen LogP contribution >= 0.6 is 0 Å².